The van der Waals surface area contributed by atoms with E-state index >= 15 is 0 Å². The van der Waals surface area contributed by atoms with Crippen LogP contribution < -0.4 is 0 Å². The van der Waals surface area contributed by atoms with Crippen LogP contribution in [0.5, 0.6) is 0 Å². The molecule has 3 heteroatoms. The molecule has 0 saturated heterocycles. The van der Waals surface area contributed by atoms with Crippen LogP contribution in [0.2, 0.25) is 0 Å². The van der Waals surface area contributed by atoms with E-state index in [9.17, 15) is 9.59 Å². The second kappa shape index (κ2) is 5.73. The Hall–Kier alpha value is -1.56. The lowest BCUT2D eigenvalue weighted by Crippen LogP contribution is -2.53. The molecule has 0 radical (unpaired) electrons. The molecule has 0 amide bonds. The maximum absolute atomic E-state index is 11.8. The first kappa shape index (κ1) is 16.9. The Bertz CT molecular complexity index is 684. The van der Waals surface area contributed by atoms with Gasteiger partial charge >= 0.3 is 5.97 Å². The molecule has 4 rings (SSSR count). The van der Waals surface area contributed by atoms with Gasteiger partial charge in [0.1, 0.15) is 5.78 Å². The molecule has 0 aromatic heterocycles. The molecule has 6 atom stereocenters. The summed E-state index contributed by atoms with van der Waals surface area (Å²) >= 11 is 0. The number of ether oxygens (including phenoxy) is 1. The van der Waals surface area contributed by atoms with E-state index in [1.54, 1.807) is 0 Å². The highest BCUT2D eigenvalue weighted by atomic mass is 16.6. The third kappa shape index (κ3) is 2.33. The van der Waals surface area contributed by atoms with Crippen LogP contribution in [0.25, 0.3) is 0 Å². The van der Waals surface area contributed by atoms with Gasteiger partial charge in [0.2, 0.25) is 0 Å². The van der Waals surface area contributed by atoms with Crippen molar-refractivity contribution in [3.63, 3.8) is 0 Å². The molecule has 134 valence electrons. The van der Waals surface area contributed by atoms with Gasteiger partial charge in [-0.15, -0.1) is 6.42 Å². The summed E-state index contributed by atoms with van der Waals surface area (Å²) in [5, 5.41) is 0. The lowest BCUT2D eigenvalue weighted by molar-refractivity contribution is -0.167. The summed E-state index contributed by atoms with van der Waals surface area (Å²) in [6.07, 6.45) is 15.8. The molecular weight excluding hydrogens is 312 g/mol. The van der Waals surface area contributed by atoms with Gasteiger partial charge in [-0.3, -0.25) is 9.59 Å². The Balaban J connectivity index is 1.65. The van der Waals surface area contributed by atoms with Crippen LogP contribution in [-0.4, -0.2) is 17.4 Å². The minimum Gasteiger partial charge on any atom is -0.445 e. The van der Waals surface area contributed by atoms with E-state index in [2.05, 4.69) is 18.9 Å². The molecule has 3 fully saturated rings. The molecule has 4 aliphatic carbocycles. The smallest absolute Gasteiger partial charge is 0.304 e. The summed E-state index contributed by atoms with van der Waals surface area (Å²) < 4.78 is 5.79. The van der Waals surface area contributed by atoms with Gasteiger partial charge in [-0.25, -0.2) is 0 Å². The molecule has 0 heterocycles. The van der Waals surface area contributed by atoms with Crippen LogP contribution in [0.4, 0.5) is 0 Å². The van der Waals surface area contributed by atoms with Crippen molar-refractivity contribution in [3.05, 3.63) is 11.6 Å². The average molecular weight is 340 g/mol. The minimum atomic E-state index is -0.735. The molecule has 0 N–H and O–H groups in total. The van der Waals surface area contributed by atoms with Crippen molar-refractivity contribution in [1.29, 1.82) is 0 Å². The monoisotopic (exact) mass is 340 g/mol. The Morgan fingerprint density at radius 1 is 1.28 bits per heavy atom. The topological polar surface area (TPSA) is 43.4 Å². The number of carbonyl (C=O) groups excluding carboxylic acids is 2. The molecule has 0 spiro atoms. The maximum atomic E-state index is 11.8. The second-order valence-corrected chi connectivity index (χ2v) is 8.87. The number of rotatable bonds is 1. The Kier molecular flexibility index (Phi) is 3.87. The molecule has 25 heavy (non-hydrogen) atoms. The highest BCUT2D eigenvalue weighted by Gasteiger charge is 2.64. The Labute approximate surface area is 150 Å². The third-order valence-corrected chi connectivity index (χ3v) is 7.94. The average Bonchev–Trinajstić information content (AvgIpc) is 2.87. The number of fused-ring (bicyclic) bond motifs is 5. The van der Waals surface area contributed by atoms with Crippen LogP contribution in [0, 0.1) is 41.4 Å². The lowest BCUT2D eigenvalue weighted by atomic mass is 9.51. The van der Waals surface area contributed by atoms with E-state index in [0.717, 1.165) is 44.9 Å². The van der Waals surface area contributed by atoms with Crippen molar-refractivity contribution in [3.8, 4) is 12.3 Å². The zero-order valence-electron chi connectivity index (χ0n) is 15.3. The van der Waals surface area contributed by atoms with E-state index < -0.39 is 5.60 Å². The molecule has 0 aromatic rings. The van der Waals surface area contributed by atoms with Gasteiger partial charge in [0, 0.05) is 25.2 Å². The van der Waals surface area contributed by atoms with Gasteiger partial charge in [-0.1, -0.05) is 24.5 Å². The SMILES string of the molecule is C#C[C@]1(OC(C)=O)CCC2C3CC=C4CC(=O)CCC4C3CC[C@@]21C. The molecule has 3 saturated carbocycles. The zero-order valence-corrected chi connectivity index (χ0v) is 15.3. The van der Waals surface area contributed by atoms with Crippen LogP contribution >= 0.6 is 0 Å². The van der Waals surface area contributed by atoms with Crippen molar-refractivity contribution in [2.75, 3.05) is 0 Å². The predicted molar refractivity (Wildman–Crippen MR) is 95.4 cm³/mol. The number of Topliss-reactive ketones (excluding diaryl/α,β-unsaturated/α-hetero) is 1. The maximum Gasteiger partial charge on any atom is 0.304 e. The van der Waals surface area contributed by atoms with Crippen LogP contribution in [0.3, 0.4) is 0 Å². The summed E-state index contributed by atoms with van der Waals surface area (Å²) in [5.41, 5.74) is 0.549. The Morgan fingerprint density at radius 2 is 2.08 bits per heavy atom. The summed E-state index contributed by atoms with van der Waals surface area (Å²) in [5.74, 6) is 5.44. The fraction of sp³-hybridized carbons (Fsp3) is 0.727. The number of esters is 1. The van der Waals surface area contributed by atoms with E-state index in [-0.39, 0.29) is 11.4 Å². The number of carbonyl (C=O) groups is 2. The number of ketones is 1. The van der Waals surface area contributed by atoms with Gasteiger partial charge in [0.25, 0.3) is 0 Å². The van der Waals surface area contributed by atoms with Crippen LogP contribution in [0.1, 0.15) is 65.2 Å². The van der Waals surface area contributed by atoms with E-state index in [1.807, 2.05) is 0 Å². The first-order valence-corrected chi connectivity index (χ1v) is 9.78. The van der Waals surface area contributed by atoms with E-state index in [4.69, 9.17) is 11.2 Å². The molecule has 0 aromatic carbocycles. The van der Waals surface area contributed by atoms with Crippen molar-refractivity contribution >= 4 is 11.8 Å². The minimum absolute atomic E-state index is 0.121. The fourth-order valence-electron chi connectivity index (χ4n) is 6.78. The molecular formula is C22H28O3. The normalized spacial score (nSPS) is 45.5. The largest absolute Gasteiger partial charge is 0.445 e. The summed E-state index contributed by atoms with van der Waals surface area (Å²) in [7, 11) is 0. The first-order valence-electron chi connectivity index (χ1n) is 9.78. The predicted octanol–water partition coefficient (Wildman–Crippen LogP) is 4.06. The summed E-state index contributed by atoms with van der Waals surface area (Å²) in [6.45, 7) is 3.73. The quantitative estimate of drug-likeness (QED) is 0.411. The third-order valence-electron chi connectivity index (χ3n) is 7.94. The van der Waals surface area contributed by atoms with Crippen LogP contribution in [0.15, 0.2) is 11.6 Å². The van der Waals surface area contributed by atoms with Crippen molar-refractivity contribution < 1.29 is 14.3 Å². The van der Waals surface area contributed by atoms with E-state index in [0.29, 0.717) is 35.9 Å². The number of hydrogen-bond donors (Lipinski definition) is 0. The number of hydrogen-bond acceptors (Lipinski definition) is 3. The molecule has 4 unspecified atom stereocenters. The highest BCUT2D eigenvalue weighted by Crippen LogP contribution is 2.65. The lowest BCUT2D eigenvalue weighted by Gasteiger charge is -2.54. The van der Waals surface area contributed by atoms with Gasteiger partial charge in [-0.05, 0) is 62.2 Å². The fourth-order valence-corrected chi connectivity index (χ4v) is 6.78. The highest BCUT2D eigenvalue weighted by molar-refractivity contribution is 5.82. The Morgan fingerprint density at radius 3 is 2.80 bits per heavy atom. The first-order chi connectivity index (χ1) is 11.9. The van der Waals surface area contributed by atoms with Gasteiger partial charge in [0.05, 0.1) is 0 Å². The summed E-state index contributed by atoms with van der Waals surface area (Å²) in [4.78, 5) is 23.5. The molecule has 0 bridgehead atoms. The van der Waals surface area contributed by atoms with E-state index in [1.165, 1.54) is 12.5 Å². The summed E-state index contributed by atoms with van der Waals surface area (Å²) in [6, 6.07) is 0. The molecule has 0 aliphatic heterocycles. The van der Waals surface area contributed by atoms with Gasteiger partial charge < -0.3 is 4.74 Å². The van der Waals surface area contributed by atoms with Gasteiger partial charge in [-0.2, -0.15) is 0 Å². The molecule has 3 nitrogen and oxygen atoms in total. The van der Waals surface area contributed by atoms with Crippen molar-refractivity contribution in [2.45, 2.75) is 70.8 Å². The second-order valence-electron chi connectivity index (χ2n) is 8.87. The van der Waals surface area contributed by atoms with Gasteiger partial charge in [0.15, 0.2) is 5.60 Å². The van der Waals surface area contributed by atoms with Crippen molar-refractivity contribution in [1.82, 2.24) is 0 Å². The van der Waals surface area contributed by atoms with Crippen molar-refractivity contribution in [2.24, 2.45) is 29.1 Å². The number of allylic oxidation sites excluding steroid dienone is 2. The molecule has 4 aliphatic rings. The zero-order chi connectivity index (χ0) is 17.8. The van der Waals surface area contributed by atoms with Crippen LogP contribution in [-0.2, 0) is 14.3 Å². The number of terminal acetylenes is 1. The standard InChI is InChI=1S/C22H28O3/c1-4-22(25-14(2)23)12-10-20-19-7-5-15-13-16(24)6-8-17(15)18(19)9-11-21(20,22)3/h1,5,17-20H,6-13H2,2-3H3/t17?,18?,19?,20?,21-,22-/m0/s1.